The van der Waals surface area contributed by atoms with Crippen LogP contribution >= 0.6 is 0 Å². The first-order valence-corrected chi connectivity index (χ1v) is 5.62. The number of nitrogens with one attached hydrogen (secondary N) is 1. The Morgan fingerprint density at radius 3 is 2.00 bits per heavy atom. The minimum Gasteiger partial charge on any atom is -0.326 e. The van der Waals surface area contributed by atoms with Crippen LogP contribution < -0.4 is 11.1 Å². The first kappa shape index (κ1) is 13.9. The molecule has 0 saturated heterocycles. The van der Waals surface area contributed by atoms with E-state index in [0.717, 1.165) is 19.5 Å². The normalized spacial score (nSPS) is 15.6. The third-order valence-corrected chi connectivity index (χ3v) is 2.88. The predicted octanol–water partition coefficient (Wildman–Crippen LogP) is 2.39. The van der Waals surface area contributed by atoms with Gasteiger partial charge in [0.15, 0.2) is 0 Å². The first-order chi connectivity index (χ1) is 6.13. The van der Waals surface area contributed by atoms with Crippen LogP contribution in [0.1, 0.15) is 48.0 Å². The van der Waals surface area contributed by atoms with Crippen molar-refractivity contribution in [1.82, 2.24) is 5.32 Å². The van der Waals surface area contributed by atoms with E-state index in [9.17, 15) is 0 Å². The zero-order chi connectivity index (χ0) is 11.4. The molecule has 0 aromatic heterocycles. The second kappa shape index (κ2) is 5.13. The fourth-order valence-electron chi connectivity index (χ4n) is 1.04. The van der Waals surface area contributed by atoms with Crippen molar-refractivity contribution >= 4 is 0 Å². The van der Waals surface area contributed by atoms with E-state index in [4.69, 9.17) is 5.73 Å². The molecule has 0 aromatic rings. The van der Waals surface area contributed by atoms with Crippen molar-refractivity contribution in [3.05, 3.63) is 0 Å². The lowest BCUT2D eigenvalue weighted by Gasteiger charge is -2.28. The summed E-state index contributed by atoms with van der Waals surface area (Å²) >= 11 is 0. The van der Waals surface area contributed by atoms with E-state index >= 15 is 0 Å². The minimum absolute atomic E-state index is 0.0437. The Bertz CT molecular complexity index is 151. The fraction of sp³-hybridized carbons (Fsp3) is 1.00. The maximum Gasteiger partial charge on any atom is 0.0109 e. The van der Waals surface area contributed by atoms with Gasteiger partial charge in [0.1, 0.15) is 0 Å². The summed E-state index contributed by atoms with van der Waals surface area (Å²) in [5.41, 5.74) is 6.25. The van der Waals surface area contributed by atoms with E-state index in [2.05, 4.69) is 46.9 Å². The van der Waals surface area contributed by atoms with Gasteiger partial charge in [-0.3, -0.25) is 0 Å². The molecular formula is C12H28N2. The summed E-state index contributed by atoms with van der Waals surface area (Å²) in [6.07, 6.45) is 1.03. The van der Waals surface area contributed by atoms with Crippen molar-refractivity contribution in [3.63, 3.8) is 0 Å². The molecule has 14 heavy (non-hydrogen) atoms. The van der Waals surface area contributed by atoms with Crippen LogP contribution in [0, 0.1) is 11.3 Å². The molecule has 0 radical (unpaired) electrons. The van der Waals surface area contributed by atoms with Gasteiger partial charge in [-0.25, -0.2) is 0 Å². The van der Waals surface area contributed by atoms with Crippen LogP contribution in [0.4, 0.5) is 0 Å². The fourth-order valence-corrected chi connectivity index (χ4v) is 1.04. The van der Waals surface area contributed by atoms with Gasteiger partial charge in [-0.2, -0.15) is 0 Å². The predicted molar refractivity (Wildman–Crippen MR) is 64.4 cm³/mol. The van der Waals surface area contributed by atoms with Gasteiger partial charge in [0, 0.05) is 5.54 Å². The van der Waals surface area contributed by atoms with Crippen molar-refractivity contribution < 1.29 is 0 Å². The lowest BCUT2D eigenvalue weighted by molar-refractivity contribution is 0.251. The summed E-state index contributed by atoms with van der Waals surface area (Å²) in [6.45, 7) is 15.4. The van der Waals surface area contributed by atoms with E-state index in [-0.39, 0.29) is 5.54 Å². The molecule has 2 heteroatoms. The molecule has 0 amide bonds. The van der Waals surface area contributed by atoms with E-state index in [1.54, 1.807) is 0 Å². The van der Waals surface area contributed by atoms with Gasteiger partial charge in [-0.1, -0.05) is 27.7 Å². The third kappa shape index (κ3) is 7.34. The molecule has 0 bridgehead atoms. The Labute approximate surface area is 89.6 Å². The molecule has 0 saturated carbocycles. The zero-order valence-electron chi connectivity index (χ0n) is 10.8. The van der Waals surface area contributed by atoms with Crippen molar-refractivity contribution in [1.29, 1.82) is 0 Å². The largest absolute Gasteiger partial charge is 0.326 e. The highest BCUT2D eigenvalue weighted by atomic mass is 14.9. The molecule has 0 fully saturated rings. The van der Waals surface area contributed by atoms with Gasteiger partial charge < -0.3 is 11.1 Å². The van der Waals surface area contributed by atoms with Crippen molar-refractivity contribution in [2.45, 2.75) is 53.5 Å². The molecular weight excluding hydrogens is 172 g/mol. The summed E-state index contributed by atoms with van der Waals surface area (Å²) in [6, 6.07) is 0. The molecule has 0 rings (SSSR count). The second-order valence-electron chi connectivity index (χ2n) is 6.21. The van der Waals surface area contributed by atoms with E-state index in [0.29, 0.717) is 11.3 Å². The second-order valence-corrected chi connectivity index (χ2v) is 6.21. The molecule has 0 heterocycles. The summed E-state index contributed by atoms with van der Waals surface area (Å²) in [5, 5.41) is 3.47. The van der Waals surface area contributed by atoms with Gasteiger partial charge in [-0.15, -0.1) is 0 Å². The maximum atomic E-state index is 5.90. The highest BCUT2D eigenvalue weighted by Crippen LogP contribution is 2.24. The summed E-state index contributed by atoms with van der Waals surface area (Å²) in [4.78, 5) is 0. The third-order valence-electron chi connectivity index (χ3n) is 2.88. The minimum atomic E-state index is -0.0437. The van der Waals surface area contributed by atoms with Crippen LogP contribution in [0.25, 0.3) is 0 Å². The lowest BCUT2D eigenvalue weighted by Crippen LogP contribution is -2.37. The van der Waals surface area contributed by atoms with Crippen molar-refractivity contribution in [3.8, 4) is 0 Å². The highest BCUT2D eigenvalue weighted by Gasteiger charge is 2.19. The molecule has 1 atom stereocenters. The first-order valence-electron chi connectivity index (χ1n) is 5.62. The Morgan fingerprint density at radius 1 is 1.14 bits per heavy atom. The van der Waals surface area contributed by atoms with E-state index in [1.165, 1.54) is 0 Å². The van der Waals surface area contributed by atoms with Gasteiger partial charge in [0.25, 0.3) is 0 Å². The molecule has 0 aliphatic rings. The maximum absolute atomic E-state index is 5.90. The standard InChI is InChI=1S/C12H28N2/c1-10(11(2,3)4)9-14-8-7-12(5,6)13/h10,14H,7-9,13H2,1-6H3. The number of hydrogen-bond acceptors (Lipinski definition) is 2. The smallest absolute Gasteiger partial charge is 0.0109 e. The molecule has 3 N–H and O–H groups in total. The summed E-state index contributed by atoms with van der Waals surface area (Å²) in [7, 11) is 0. The van der Waals surface area contributed by atoms with Crippen LogP contribution in [0.5, 0.6) is 0 Å². The molecule has 0 aliphatic heterocycles. The van der Waals surface area contributed by atoms with Crippen molar-refractivity contribution in [2.75, 3.05) is 13.1 Å². The summed E-state index contributed by atoms with van der Waals surface area (Å²) < 4.78 is 0. The SMILES string of the molecule is CC(CNCCC(C)(C)N)C(C)(C)C. The number of nitrogens with two attached hydrogens (primary N) is 1. The number of rotatable bonds is 5. The van der Waals surface area contributed by atoms with Gasteiger partial charge in [0.05, 0.1) is 0 Å². The highest BCUT2D eigenvalue weighted by molar-refractivity contribution is 4.75. The van der Waals surface area contributed by atoms with Crippen LogP contribution in [0.2, 0.25) is 0 Å². The van der Waals surface area contributed by atoms with Crippen LogP contribution in [-0.2, 0) is 0 Å². The Hall–Kier alpha value is -0.0800. The number of hydrogen-bond donors (Lipinski definition) is 2. The quantitative estimate of drug-likeness (QED) is 0.669. The Kier molecular flexibility index (Phi) is 5.10. The molecule has 2 nitrogen and oxygen atoms in total. The van der Waals surface area contributed by atoms with Crippen molar-refractivity contribution in [2.24, 2.45) is 17.1 Å². The summed E-state index contributed by atoms with van der Waals surface area (Å²) in [5.74, 6) is 0.698. The Morgan fingerprint density at radius 2 is 1.64 bits per heavy atom. The average Bonchev–Trinajstić information content (AvgIpc) is 1.93. The van der Waals surface area contributed by atoms with Gasteiger partial charge in [0.2, 0.25) is 0 Å². The van der Waals surface area contributed by atoms with Crippen LogP contribution in [0.3, 0.4) is 0 Å². The van der Waals surface area contributed by atoms with Gasteiger partial charge >= 0.3 is 0 Å². The molecule has 0 spiro atoms. The van der Waals surface area contributed by atoms with Crippen LogP contribution in [-0.4, -0.2) is 18.6 Å². The van der Waals surface area contributed by atoms with Gasteiger partial charge in [-0.05, 0) is 44.7 Å². The topological polar surface area (TPSA) is 38.0 Å². The van der Waals surface area contributed by atoms with E-state index < -0.39 is 0 Å². The monoisotopic (exact) mass is 200 g/mol. The molecule has 86 valence electrons. The molecule has 0 aromatic carbocycles. The molecule has 1 unspecified atom stereocenters. The lowest BCUT2D eigenvalue weighted by atomic mass is 9.82. The average molecular weight is 200 g/mol. The van der Waals surface area contributed by atoms with Crippen LogP contribution in [0.15, 0.2) is 0 Å². The van der Waals surface area contributed by atoms with E-state index in [1.807, 2.05) is 0 Å². The zero-order valence-corrected chi connectivity index (χ0v) is 10.8. The molecule has 0 aliphatic carbocycles. The Balaban J connectivity index is 3.56.